The number of benzene rings is 1. The summed E-state index contributed by atoms with van der Waals surface area (Å²) in [4.78, 5) is 16.0. The minimum absolute atomic E-state index is 0.198. The molecule has 0 radical (unpaired) electrons. The maximum Gasteiger partial charge on any atom is 0.314 e. The lowest BCUT2D eigenvalue weighted by molar-refractivity contribution is -0.152. The van der Waals surface area contributed by atoms with Gasteiger partial charge in [-0.15, -0.1) is 0 Å². The number of hydrogen-bond acceptors (Lipinski definition) is 5. The largest absolute Gasteiger partial charge is 0.476 e. The van der Waals surface area contributed by atoms with Crippen LogP contribution >= 0.6 is 0 Å². The van der Waals surface area contributed by atoms with Gasteiger partial charge in [-0.1, -0.05) is 30.3 Å². The van der Waals surface area contributed by atoms with Gasteiger partial charge in [0.2, 0.25) is 5.88 Å². The first-order valence-corrected chi connectivity index (χ1v) is 8.07. The minimum Gasteiger partial charge on any atom is -0.476 e. The van der Waals surface area contributed by atoms with Crippen LogP contribution in [0.15, 0.2) is 48.7 Å². The summed E-state index contributed by atoms with van der Waals surface area (Å²) in [6.45, 7) is 5.65. The molecule has 0 aliphatic carbocycles. The molecule has 0 amide bonds. The van der Waals surface area contributed by atoms with E-state index in [2.05, 4.69) is 4.98 Å². The summed E-state index contributed by atoms with van der Waals surface area (Å²) in [6, 6.07) is 11.7. The number of aromatic nitrogens is 1. The molecule has 0 aliphatic heterocycles. The van der Waals surface area contributed by atoms with E-state index in [1.807, 2.05) is 43.3 Å². The van der Waals surface area contributed by atoms with Crippen molar-refractivity contribution in [3.63, 3.8) is 0 Å². The summed E-state index contributed by atoms with van der Waals surface area (Å²) >= 11 is 0. The number of methoxy groups -OCH3 is 1. The number of ether oxygens (including phenoxy) is 2. The van der Waals surface area contributed by atoms with Crippen molar-refractivity contribution in [3.05, 3.63) is 54.2 Å². The van der Waals surface area contributed by atoms with Gasteiger partial charge in [-0.2, -0.15) is 0 Å². The van der Waals surface area contributed by atoms with Crippen LogP contribution in [-0.4, -0.2) is 24.7 Å². The van der Waals surface area contributed by atoms with Crippen LogP contribution in [0.5, 0.6) is 5.88 Å². The highest BCUT2D eigenvalue weighted by Gasteiger charge is 2.29. The number of rotatable bonds is 6. The Morgan fingerprint density at radius 3 is 2.32 bits per heavy atom. The van der Waals surface area contributed by atoms with Crippen LogP contribution in [0.2, 0.25) is 0 Å². The van der Waals surface area contributed by atoms with Crippen LogP contribution in [-0.2, 0) is 9.53 Å². The third-order valence-corrected chi connectivity index (χ3v) is 3.92. The van der Waals surface area contributed by atoms with E-state index in [4.69, 9.17) is 15.2 Å². The minimum atomic E-state index is -0.725. The molecule has 2 N–H and O–H groups in total. The van der Waals surface area contributed by atoms with Crippen LogP contribution in [0.3, 0.4) is 0 Å². The second-order valence-corrected chi connectivity index (χ2v) is 6.37. The summed E-state index contributed by atoms with van der Waals surface area (Å²) in [5.41, 5.74) is 8.94. The van der Waals surface area contributed by atoms with Crippen LogP contribution in [0.1, 0.15) is 26.3 Å². The fourth-order valence-electron chi connectivity index (χ4n) is 2.25. The number of pyridine rings is 1. The fourth-order valence-corrected chi connectivity index (χ4v) is 2.25. The predicted molar refractivity (Wildman–Crippen MR) is 98.8 cm³/mol. The van der Waals surface area contributed by atoms with Crippen molar-refractivity contribution in [2.75, 3.05) is 13.7 Å². The molecule has 0 aliphatic rings. The predicted octanol–water partition coefficient (Wildman–Crippen LogP) is 3.65. The quantitative estimate of drug-likeness (QED) is 0.813. The second kappa shape index (κ2) is 7.83. The molecule has 0 saturated carbocycles. The van der Waals surface area contributed by atoms with E-state index in [0.717, 1.165) is 22.4 Å². The Labute approximate surface area is 148 Å². The molecule has 5 heteroatoms. The van der Waals surface area contributed by atoms with Gasteiger partial charge >= 0.3 is 5.97 Å². The molecule has 0 bridgehead atoms. The zero-order valence-electron chi connectivity index (χ0n) is 15.1. The Kier molecular flexibility index (Phi) is 5.80. The van der Waals surface area contributed by atoms with Gasteiger partial charge in [0.1, 0.15) is 6.61 Å². The highest BCUT2D eigenvalue weighted by molar-refractivity contribution is 5.76. The number of esters is 1. The van der Waals surface area contributed by atoms with E-state index >= 15 is 0 Å². The number of hydrogen-bond donors (Lipinski definition) is 1. The highest BCUT2D eigenvalue weighted by Crippen LogP contribution is 2.23. The normalized spacial score (nSPS) is 11.9. The smallest absolute Gasteiger partial charge is 0.314 e. The van der Waals surface area contributed by atoms with E-state index in [1.54, 1.807) is 26.1 Å². The molecule has 2 rings (SSSR count). The number of carbonyl (C=O) groups is 1. The summed E-state index contributed by atoms with van der Waals surface area (Å²) in [7, 11) is 1.37. The molecular weight excluding hydrogens is 316 g/mol. The Hall–Kier alpha value is -2.82. The lowest BCUT2D eigenvalue weighted by Gasteiger charge is -2.21. The SMILES string of the molecule is CC=C(N)c1ccc(-c2ccc(OCC(C)(C)C(=O)OC)nc2)cc1. The molecule has 0 spiro atoms. The molecule has 0 fully saturated rings. The average Bonchev–Trinajstić information content (AvgIpc) is 2.65. The number of nitrogens with zero attached hydrogens (tertiary/aromatic N) is 1. The molecule has 132 valence electrons. The molecule has 0 saturated heterocycles. The maximum absolute atomic E-state index is 11.7. The molecule has 2 aromatic rings. The van der Waals surface area contributed by atoms with Crippen LogP contribution in [0.25, 0.3) is 16.8 Å². The molecule has 0 atom stereocenters. The van der Waals surface area contributed by atoms with Crippen LogP contribution in [0, 0.1) is 5.41 Å². The van der Waals surface area contributed by atoms with Crippen LogP contribution < -0.4 is 10.5 Å². The number of carbonyl (C=O) groups excluding carboxylic acids is 1. The lowest BCUT2D eigenvalue weighted by atomic mass is 9.95. The number of allylic oxidation sites excluding steroid dienone is 1. The van der Waals surface area contributed by atoms with Crippen molar-refractivity contribution in [1.82, 2.24) is 4.98 Å². The molecule has 1 aromatic carbocycles. The lowest BCUT2D eigenvalue weighted by Crippen LogP contribution is -2.32. The van der Waals surface area contributed by atoms with Gasteiger partial charge in [-0.05, 0) is 38.0 Å². The third-order valence-electron chi connectivity index (χ3n) is 3.92. The average molecular weight is 340 g/mol. The monoisotopic (exact) mass is 340 g/mol. The van der Waals surface area contributed by atoms with E-state index in [0.29, 0.717) is 5.88 Å². The van der Waals surface area contributed by atoms with Crippen molar-refractivity contribution in [2.45, 2.75) is 20.8 Å². The second-order valence-electron chi connectivity index (χ2n) is 6.37. The summed E-state index contributed by atoms with van der Waals surface area (Å²) in [5.74, 6) is 0.153. The first-order chi connectivity index (χ1) is 11.9. The van der Waals surface area contributed by atoms with Crippen molar-refractivity contribution in [1.29, 1.82) is 0 Å². The first-order valence-electron chi connectivity index (χ1n) is 8.07. The van der Waals surface area contributed by atoms with Crippen molar-refractivity contribution in [3.8, 4) is 17.0 Å². The standard InChI is InChI=1S/C20H24N2O3/c1-5-17(21)15-8-6-14(7-9-15)16-10-11-18(22-12-16)25-13-20(2,3)19(23)24-4/h5-12H,13,21H2,1-4H3. The Morgan fingerprint density at radius 1 is 1.16 bits per heavy atom. The molecule has 5 nitrogen and oxygen atoms in total. The van der Waals surface area contributed by atoms with Crippen molar-refractivity contribution >= 4 is 11.7 Å². The van der Waals surface area contributed by atoms with E-state index in [9.17, 15) is 4.79 Å². The van der Waals surface area contributed by atoms with Gasteiger partial charge in [0, 0.05) is 23.5 Å². The van der Waals surface area contributed by atoms with Gasteiger partial charge in [-0.3, -0.25) is 4.79 Å². The summed E-state index contributed by atoms with van der Waals surface area (Å²) < 4.78 is 10.4. The van der Waals surface area contributed by atoms with Gasteiger partial charge in [0.15, 0.2) is 0 Å². The Morgan fingerprint density at radius 2 is 1.80 bits per heavy atom. The van der Waals surface area contributed by atoms with Crippen LogP contribution in [0.4, 0.5) is 0 Å². The van der Waals surface area contributed by atoms with Crippen molar-refractivity contribution in [2.24, 2.45) is 11.1 Å². The fraction of sp³-hybridized carbons (Fsp3) is 0.300. The Balaban J connectivity index is 2.06. The van der Waals surface area contributed by atoms with Gasteiger partial charge < -0.3 is 15.2 Å². The van der Waals surface area contributed by atoms with Gasteiger partial charge in [-0.25, -0.2) is 4.98 Å². The third kappa shape index (κ3) is 4.59. The zero-order valence-corrected chi connectivity index (χ0v) is 15.1. The van der Waals surface area contributed by atoms with Crippen molar-refractivity contribution < 1.29 is 14.3 Å². The van der Waals surface area contributed by atoms with Gasteiger partial charge in [0.05, 0.1) is 12.5 Å². The summed E-state index contributed by atoms with van der Waals surface area (Å²) in [5, 5.41) is 0. The molecule has 1 heterocycles. The maximum atomic E-state index is 11.7. The first kappa shape index (κ1) is 18.5. The Bertz CT molecular complexity index is 748. The molecule has 25 heavy (non-hydrogen) atoms. The molecular formula is C20H24N2O3. The van der Waals surface area contributed by atoms with E-state index in [1.165, 1.54) is 7.11 Å². The highest BCUT2D eigenvalue weighted by atomic mass is 16.5. The van der Waals surface area contributed by atoms with E-state index < -0.39 is 5.41 Å². The molecule has 1 aromatic heterocycles. The van der Waals surface area contributed by atoms with Gasteiger partial charge in [0.25, 0.3) is 0 Å². The number of nitrogens with two attached hydrogens (primary N) is 1. The molecule has 0 unspecified atom stereocenters. The summed E-state index contributed by atoms with van der Waals surface area (Å²) in [6.07, 6.45) is 3.62. The van der Waals surface area contributed by atoms with E-state index in [-0.39, 0.29) is 12.6 Å². The topological polar surface area (TPSA) is 74.4 Å². The zero-order chi connectivity index (χ0) is 18.4.